The van der Waals surface area contributed by atoms with Crippen LogP contribution in [0.5, 0.6) is 11.5 Å². The van der Waals surface area contributed by atoms with Crippen LogP contribution in [0, 0.1) is 12.8 Å². The number of sulfonamides is 1. The van der Waals surface area contributed by atoms with Crippen LogP contribution < -0.4 is 9.47 Å². The highest BCUT2D eigenvalue weighted by Gasteiger charge is 2.45. The Morgan fingerprint density at radius 2 is 1.72 bits per heavy atom. The Hall–Kier alpha value is -2.72. The molecule has 0 spiro atoms. The summed E-state index contributed by atoms with van der Waals surface area (Å²) >= 11 is 7.45. The van der Waals surface area contributed by atoms with E-state index in [9.17, 15) is 18.3 Å². The summed E-state index contributed by atoms with van der Waals surface area (Å²) in [4.78, 5) is 13.4. The minimum absolute atomic E-state index is 0.102. The Labute approximate surface area is 219 Å². The molecule has 0 radical (unpaired) electrons. The number of halogens is 1. The van der Waals surface area contributed by atoms with Crippen molar-refractivity contribution in [2.75, 3.05) is 13.3 Å². The third kappa shape index (κ3) is 4.93. The zero-order chi connectivity index (χ0) is 25.4. The van der Waals surface area contributed by atoms with Gasteiger partial charge >= 0.3 is 5.97 Å². The number of rotatable bonds is 6. The van der Waals surface area contributed by atoms with Crippen molar-refractivity contribution < 1.29 is 27.8 Å². The molecule has 2 aliphatic heterocycles. The van der Waals surface area contributed by atoms with E-state index >= 15 is 0 Å². The molecule has 1 N–H and O–H groups in total. The number of nitrogens with zero attached hydrogens (tertiary/aromatic N) is 1. The third-order valence-corrected chi connectivity index (χ3v) is 9.96. The van der Waals surface area contributed by atoms with Crippen LogP contribution in [0.4, 0.5) is 0 Å². The number of hydrogen-bond acceptors (Lipinski definition) is 6. The molecule has 7 nitrogen and oxygen atoms in total. The number of aryl methyl sites for hydroxylation is 1. The van der Waals surface area contributed by atoms with Crippen molar-refractivity contribution in [1.82, 2.24) is 4.31 Å². The van der Waals surface area contributed by atoms with E-state index in [-0.39, 0.29) is 23.5 Å². The fourth-order valence-corrected chi connectivity index (χ4v) is 7.59. The van der Waals surface area contributed by atoms with Gasteiger partial charge in [-0.1, -0.05) is 35.4 Å². The molecule has 2 aliphatic rings. The molecule has 10 heteroatoms. The van der Waals surface area contributed by atoms with E-state index in [0.29, 0.717) is 22.9 Å². The topological polar surface area (TPSA) is 93.1 Å². The summed E-state index contributed by atoms with van der Waals surface area (Å²) in [6, 6.07) is 18.6. The molecule has 3 aromatic rings. The third-order valence-electron chi connectivity index (χ3n) is 6.46. The number of hydrogen-bond donors (Lipinski definition) is 1. The quantitative estimate of drug-likeness (QED) is 0.445. The largest absolute Gasteiger partial charge is 0.481 e. The van der Waals surface area contributed by atoms with Crippen molar-refractivity contribution in [3.8, 4) is 11.5 Å². The van der Waals surface area contributed by atoms with Crippen molar-refractivity contribution in [2.45, 2.75) is 34.4 Å². The minimum Gasteiger partial charge on any atom is -0.481 e. The molecular weight excluding hydrogens is 522 g/mol. The Morgan fingerprint density at radius 1 is 1.03 bits per heavy atom. The monoisotopic (exact) mass is 545 g/mol. The Bertz CT molecular complexity index is 1380. The van der Waals surface area contributed by atoms with Crippen LogP contribution in [0.25, 0.3) is 0 Å². The number of aliphatic carboxylic acids is 1. The van der Waals surface area contributed by atoms with Gasteiger partial charge in [0, 0.05) is 21.7 Å². The second kappa shape index (κ2) is 9.97. The first kappa shape index (κ1) is 25.0. The summed E-state index contributed by atoms with van der Waals surface area (Å²) in [5.41, 5.74) is 1.66. The van der Waals surface area contributed by atoms with Crippen molar-refractivity contribution in [3.05, 3.63) is 82.9 Å². The van der Waals surface area contributed by atoms with Crippen LogP contribution in [0.3, 0.4) is 0 Å². The number of benzene rings is 3. The standard InChI is InChI=1S/C26H24ClNO6S2/c1-16-2-9-20(10-3-16)36(31,32)28-14-21(26(29)30)25(35-19-7-5-18(27)6-8-19)13-22(28)17-4-11-23-24(12-17)34-15-33-23/h2-12,21-22,25H,13-15H2,1H3,(H,29,30)/t21-,22+,25-/m1/s1. The van der Waals surface area contributed by atoms with E-state index in [0.717, 1.165) is 16.0 Å². The van der Waals surface area contributed by atoms with E-state index in [4.69, 9.17) is 21.1 Å². The summed E-state index contributed by atoms with van der Waals surface area (Å²) in [6.07, 6.45) is 0.301. The summed E-state index contributed by atoms with van der Waals surface area (Å²) in [5.74, 6) is -0.800. The lowest BCUT2D eigenvalue weighted by molar-refractivity contribution is -0.143. The number of carboxylic acid groups (broad SMARTS) is 1. The first-order valence-electron chi connectivity index (χ1n) is 11.4. The van der Waals surface area contributed by atoms with E-state index in [1.54, 1.807) is 48.5 Å². The summed E-state index contributed by atoms with van der Waals surface area (Å²) < 4.78 is 40.0. The summed E-state index contributed by atoms with van der Waals surface area (Å²) in [7, 11) is -3.99. The Balaban J connectivity index is 1.56. The molecule has 2 heterocycles. The summed E-state index contributed by atoms with van der Waals surface area (Å²) in [6.45, 7) is 1.83. The van der Waals surface area contributed by atoms with E-state index in [2.05, 4.69) is 0 Å². The highest BCUT2D eigenvalue weighted by Crippen LogP contribution is 2.46. The van der Waals surface area contributed by atoms with E-state index in [1.807, 2.05) is 25.1 Å². The maximum Gasteiger partial charge on any atom is 0.308 e. The molecule has 0 amide bonds. The maximum absolute atomic E-state index is 13.8. The fourth-order valence-electron chi connectivity index (χ4n) is 4.53. The minimum atomic E-state index is -3.99. The SMILES string of the molecule is Cc1ccc(S(=O)(=O)N2C[C@@H](C(=O)O)[C@H](Sc3ccc(Cl)cc3)C[C@H]2c2ccc3c(c2)OCO3)cc1. The van der Waals surface area contributed by atoms with E-state index < -0.39 is 28.0 Å². The highest BCUT2D eigenvalue weighted by molar-refractivity contribution is 8.00. The molecule has 0 aromatic heterocycles. The van der Waals surface area contributed by atoms with Gasteiger partial charge in [0.2, 0.25) is 16.8 Å². The second-order valence-corrected chi connectivity index (χ2v) is 12.4. The number of ether oxygens (including phenoxy) is 2. The van der Waals surface area contributed by atoms with Gasteiger partial charge in [0.25, 0.3) is 0 Å². The number of thioether (sulfide) groups is 1. The van der Waals surface area contributed by atoms with Crippen LogP contribution in [0.2, 0.25) is 5.02 Å². The number of carboxylic acids is 1. The number of carbonyl (C=O) groups is 1. The van der Waals surface area contributed by atoms with Gasteiger partial charge in [0.15, 0.2) is 11.5 Å². The molecule has 0 bridgehead atoms. The van der Waals surface area contributed by atoms with Crippen molar-refractivity contribution in [1.29, 1.82) is 0 Å². The van der Waals surface area contributed by atoms with Gasteiger partial charge in [-0.2, -0.15) is 4.31 Å². The van der Waals surface area contributed by atoms with Gasteiger partial charge in [-0.25, -0.2) is 8.42 Å². The molecule has 36 heavy (non-hydrogen) atoms. The second-order valence-electron chi connectivity index (χ2n) is 8.81. The molecule has 5 rings (SSSR count). The predicted molar refractivity (Wildman–Crippen MR) is 137 cm³/mol. The smallest absolute Gasteiger partial charge is 0.308 e. The maximum atomic E-state index is 13.8. The van der Waals surface area contributed by atoms with Gasteiger partial charge in [0.05, 0.1) is 16.9 Å². The average Bonchev–Trinajstić information content (AvgIpc) is 3.33. The molecule has 3 aromatic carbocycles. The van der Waals surface area contributed by atoms with Gasteiger partial charge in [0.1, 0.15) is 0 Å². The molecule has 3 atom stereocenters. The van der Waals surface area contributed by atoms with Crippen LogP contribution in [-0.2, 0) is 14.8 Å². The summed E-state index contributed by atoms with van der Waals surface area (Å²) in [5, 5.41) is 10.3. The lowest BCUT2D eigenvalue weighted by Crippen LogP contribution is -2.49. The predicted octanol–water partition coefficient (Wildman–Crippen LogP) is 5.37. The molecule has 1 saturated heterocycles. The highest BCUT2D eigenvalue weighted by atomic mass is 35.5. The lowest BCUT2D eigenvalue weighted by Gasteiger charge is -2.41. The van der Waals surface area contributed by atoms with E-state index in [1.165, 1.54) is 16.1 Å². The van der Waals surface area contributed by atoms with Gasteiger partial charge < -0.3 is 14.6 Å². The molecule has 0 aliphatic carbocycles. The number of piperidine rings is 1. The Morgan fingerprint density at radius 3 is 2.42 bits per heavy atom. The zero-order valence-electron chi connectivity index (χ0n) is 19.3. The van der Waals surface area contributed by atoms with Gasteiger partial charge in [-0.15, -0.1) is 11.8 Å². The fraction of sp³-hybridized carbons (Fsp3) is 0.269. The number of fused-ring (bicyclic) bond motifs is 1. The normalized spacial score (nSPS) is 21.9. The molecule has 0 unspecified atom stereocenters. The van der Waals surface area contributed by atoms with Crippen molar-refractivity contribution in [3.63, 3.8) is 0 Å². The molecule has 188 valence electrons. The Kier molecular flexibility index (Phi) is 6.91. The van der Waals surface area contributed by atoms with Gasteiger partial charge in [-0.05, 0) is 67.4 Å². The molecule has 0 saturated carbocycles. The first-order chi connectivity index (χ1) is 17.2. The lowest BCUT2D eigenvalue weighted by atomic mass is 9.90. The first-order valence-corrected chi connectivity index (χ1v) is 14.1. The molecular formula is C26H24ClNO6S2. The van der Waals surface area contributed by atoms with Crippen molar-refractivity contribution in [2.24, 2.45) is 5.92 Å². The van der Waals surface area contributed by atoms with Crippen LogP contribution >= 0.6 is 23.4 Å². The van der Waals surface area contributed by atoms with Crippen LogP contribution in [0.15, 0.2) is 76.5 Å². The average molecular weight is 546 g/mol. The van der Waals surface area contributed by atoms with Crippen molar-refractivity contribution >= 4 is 39.4 Å². The van der Waals surface area contributed by atoms with Crippen LogP contribution in [0.1, 0.15) is 23.6 Å². The van der Waals surface area contributed by atoms with Crippen LogP contribution in [-0.4, -0.2) is 42.4 Å². The molecule has 1 fully saturated rings. The zero-order valence-corrected chi connectivity index (χ0v) is 21.7. The van der Waals surface area contributed by atoms with Gasteiger partial charge in [-0.3, -0.25) is 4.79 Å².